The molecule has 3 rings (SSSR count). The van der Waals surface area contributed by atoms with Crippen molar-refractivity contribution in [2.75, 3.05) is 6.54 Å². The number of para-hydroxylation sites is 2. The van der Waals surface area contributed by atoms with Crippen LogP contribution in [0.3, 0.4) is 0 Å². The predicted octanol–water partition coefficient (Wildman–Crippen LogP) is 2.34. The number of hydrogen-bond acceptors (Lipinski definition) is 3. The van der Waals surface area contributed by atoms with Gasteiger partial charge < -0.3 is 9.88 Å². The minimum atomic E-state index is -0.145. The lowest BCUT2D eigenvalue weighted by Crippen LogP contribution is -2.27. The number of nitrogens with one attached hydrogen (secondary N) is 1. The van der Waals surface area contributed by atoms with E-state index in [-0.39, 0.29) is 5.91 Å². The smallest absolute Gasteiger partial charge is 0.251 e. The number of rotatable bonds is 4. The van der Waals surface area contributed by atoms with E-state index in [1.807, 2.05) is 34.9 Å². The van der Waals surface area contributed by atoms with E-state index in [0.717, 1.165) is 11.0 Å². The molecule has 0 aliphatic carbocycles. The van der Waals surface area contributed by atoms with Gasteiger partial charge in [-0.15, -0.1) is 0 Å². The predicted molar refractivity (Wildman–Crippen MR) is 83.2 cm³/mol. The Kier molecular flexibility index (Phi) is 3.84. The van der Waals surface area contributed by atoms with Gasteiger partial charge >= 0.3 is 0 Å². The molecular formula is C17H14N4O. The molecule has 1 heterocycles. The number of amides is 1. The van der Waals surface area contributed by atoms with Crippen LogP contribution in [0.25, 0.3) is 11.0 Å². The average Bonchev–Trinajstić information content (AvgIpc) is 2.98. The number of aromatic nitrogens is 2. The van der Waals surface area contributed by atoms with Crippen LogP contribution in [0.15, 0.2) is 54.9 Å². The molecule has 1 N–H and O–H groups in total. The number of fused-ring (bicyclic) bond motifs is 1. The van der Waals surface area contributed by atoms with Crippen molar-refractivity contribution >= 4 is 16.9 Å². The Balaban J connectivity index is 1.60. The monoisotopic (exact) mass is 290 g/mol. The average molecular weight is 290 g/mol. The van der Waals surface area contributed by atoms with E-state index in [2.05, 4.69) is 10.3 Å². The van der Waals surface area contributed by atoms with Crippen LogP contribution >= 0.6 is 0 Å². The second-order valence-corrected chi connectivity index (χ2v) is 4.87. The molecule has 1 aromatic heterocycles. The van der Waals surface area contributed by atoms with Crippen LogP contribution < -0.4 is 5.32 Å². The molecule has 22 heavy (non-hydrogen) atoms. The fraction of sp³-hybridized carbons (Fsp3) is 0.118. The van der Waals surface area contributed by atoms with Crippen molar-refractivity contribution in [3.05, 3.63) is 66.0 Å². The largest absolute Gasteiger partial charge is 0.350 e. The summed E-state index contributed by atoms with van der Waals surface area (Å²) in [5, 5.41) is 11.6. The fourth-order valence-corrected chi connectivity index (χ4v) is 2.28. The summed E-state index contributed by atoms with van der Waals surface area (Å²) in [6.07, 6.45) is 1.78. The Morgan fingerprint density at radius 3 is 2.73 bits per heavy atom. The summed E-state index contributed by atoms with van der Waals surface area (Å²) in [5.41, 5.74) is 3.09. The van der Waals surface area contributed by atoms with E-state index in [9.17, 15) is 4.79 Å². The fourth-order valence-electron chi connectivity index (χ4n) is 2.28. The Bertz CT molecular complexity index is 843. The third-order valence-corrected chi connectivity index (χ3v) is 3.44. The Hall–Kier alpha value is -3.13. The topological polar surface area (TPSA) is 70.7 Å². The minimum Gasteiger partial charge on any atom is -0.350 e. The van der Waals surface area contributed by atoms with Gasteiger partial charge in [-0.25, -0.2) is 4.98 Å². The van der Waals surface area contributed by atoms with Crippen molar-refractivity contribution in [1.29, 1.82) is 5.26 Å². The standard InChI is InChI=1S/C17H14N4O/c18-11-13-5-7-14(8-6-13)17(22)19-9-10-21-12-20-15-3-1-2-4-16(15)21/h1-8,12H,9-10H2,(H,19,22). The molecule has 0 aliphatic rings. The molecule has 5 nitrogen and oxygen atoms in total. The maximum absolute atomic E-state index is 12.0. The van der Waals surface area contributed by atoms with Crippen LogP contribution in [0, 0.1) is 11.3 Å². The molecular weight excluding hydrogens is 276 g/mol. The number of carbonyl (C=O) groups excluding carboxylic acids is 1. The van der Waals surface area contributed by atoms with Crippen molar-refractivity contribution in [2.24, 2.45) is 0 Å². The zero-order valence-electron chi connectivity index (χ0n) is 11.9. The van der Waals surface area contributed by atoms with E-state index >= 15 is 0 Å². The Morgan fingerprint density at radius 2 is 1.95 bits per heavy atom. The van der Waals surface area contributed by atoms with Crippen LogP contribution in [-0.2, 0) is 6.54 Å². The Labute approximate surface area is 127 Å². The quantitative estimate of drug-likeness (QED) is 0.801. The number of nitrogens with zero attached hydrogens (tertiary/aromatic N) is 3. The van der Waals surface area contributed by atoms with E-state index < -0.39 is 0 Å². The molecule has 0 aliphatic heterocycles. The van der Waals surface area contributed by atoms with Crippen LogP contribution in [-0.4, -0.2) is 22.0 Å². The summed E-state index contributed by atoms with van der Waals surface area (Å²) in [6, 6.07) is 16.5. The summed E-state index contributed by atoms with van der Waals surface area (Å²) in [7, 11) is 0. The lowest BCUT2D eigenvalue weighted by molar-refractivity contribution is 0.0952. The summed E-state index contributed by atoms with van der Waals surface area (Å²) >= 11 is 0. The lowest BCUT2D eigenvalue weighted by atomic mass is 10.1. The van der Waals surface area contributed by atoms with E-state index in [4.69, 9.17) is 5.26 Å². The molecule has 0 atom stereocenters. The SMILES string of the molecule is N#Cc1ccc(C(=O)NCCn2cnc3ccccc32)cc1. The number of benzene rings is 2. The van der Waals surface area contributed by atoms with E-state index in [1.54, 1.807) is 30.6 Å². The molecule has 1 amide bonds. The zero-order chi connectivity index (χ0) is 15.4. The molecule has 0 spiro atoms. The second kappa shape index (κ2) is 6.10. The molecule has 0 unspecified atom stereocenters. The van der Waals surface area contributed by atoms with Gasteiger partial charge in [0, 0.05) is 18.7 Å². The highest BCUT2D eigenvalue weighted by Crippen LogP contribution is 2.11. The van der Waals surface area contributed by atoms with Crippen LogP contribution in [0.2, 0.25) is 0 Å². The lowest BCUT2D eigenvalue weighted by Gasteiger charge is -2.07. The first-order valence-corrected chi connectivity index (χ1v) is 6.96. The van der Waals surface area contributed by atoms with Gasteiger partial charge in [0.05, 0.1) is 29.0 Å². The van der Waals surface area contributed by atoms with Crippen LogP contribution in [0.4, 0.5) is 0 Å². The van der Waals surface area contributed by atoms with Gasteiger partial charge in [-0.1, -0.05) is 12.1 Å². The highest BCUT2D eigenvalue weighted by Gasteiger charge is 2.06. The van der Waals surface area contributed by atoms with E-state index in [0.29, 0.717) is 24.2 Å². The van der Waals surface area contributed by atoms with Gasteiger partial charge in [0.2, 0.25) is 0 Å². The van der Waals surface area contributed by atoms with Crippen molar-refractivity contribution in [2.45, 2.75) is 6.54 Å². The molecule has 0 saturated carbocycles. The van der Waals surface area contributed by atoms with Crippen molar-refractivity contribution < 1.29 is 4.79 Å². The Morgan fingerprint density at radius 1 is 1.18 bits per heavy atom. The first-order valence-electron chi connectivity index (χ1n) is 6.96. The molecule has 0 fully saturated rings. The highest BCUT2D eigenvalue weighted by atomic mass is 16.1. The summed E-state index contributed by atoms with van der Waals surface area (Å²) in [6.45, 7) is 1.17. The molecule has 108 valence electrons. The number of imidazole rings is 1. The van der Waals surface area contributed by atoms with Gasteiger partial charge in [0.1, 0.15) is 0 Å². The molecule has 0 saturated heterocycles. The summed E-state index contributed by atoms with van der Waals surface area (Å²) < 4.78 is 2.01. The molecule has 2 aromatic carbocycles. The van der Waals surface area contributed by atoms with Crippen molar-refractivity contribution in [3.63, 3.8) is 0 Å². The normalized spacial score (nSPS) is 10.3. The van der Waals surface area contributed by atoms with Crippen LogP contribution in [0.5, 0.6) is 0 Å². The molecule has 3 aromatic rings. The molecule has 0 bridgehead atoms. The first-order chi connectivity index (χ1) is 10.8. The third-order valence-electron chi connectivity index (χ3n) is 3.44. The number of nitriles is 1. The van der Waals surface area contributed by atoms with Crippen molar-refractivity contribution in [3.8, 4) is 6.07 Å². The molecule has 5 heteroatoms. The summed E-state index contributed by atoms with van der Waals surface area (Å²) in [4.78, 5) is 16.3. The first kappa shape index (κ1) is 13.8. The van der Waals surface area contributed by atoms with Gasteiger partial charge in [0.15, 0.2) is 0 Å². The zero-order valence-corrected chi connectivity index (χ0v) is 11.9. The second-order valence-electron chi connectivity index (χ2n) is 4.87. The number of hydrogen-bond donors (Lipinski definition) is 1. The summed E-state index contributed by atoms with van der Waals surface area (Å²) in [5.74, 6) is -0.145. The van der Waals surface area contributed by atoms with Gasteiger partial charge in [-0.3, -0.25) is 4.79 Å². The maximum atomic E-state index is 12.0. The third kappa shape index (κ3) is 2.81. The van der Waals surface area contributed by atoms with Gasteiger partial charge in [-0.05, 0) is 36.4 Å². The van der Waals surface area contributed by atoms with Gasteiger partial charge in [-0.2, -0.15) is 5.26 Å². The van der Waals surface area contributed by atoms with Crippen molar-refractivity contribution in [1.82, 2.24) is 14.9 Å². The highest BCUT2D eigenvalue weighted by molar-refractivity contribution is 5.94. The van der Waals surface area contributed by atoms with Gasteiger partial charge in [0.25, 0.3) is 5.91 Å². The number of carbonyl (C=O) groups is 1. The minimum absolute atomic E-state index is 0.145. The maximum Gasteiger partial charge on any atom is 0.251 e. The van der Waals surface area contributed by atoms with E-state index in [1.165, 1.54) is 0 Å². The molecule has 0 radical (unpaired) electrons. The van der Waals surface area contributed by atoms with Crippen LogP contribution in [0.1, 0.15) is 15.9 Å².